The Labute approximate surface area is 285 Å². The van der Waals surface area contributed by atoms with Crippen LogP contribution in [0.5, 0.6) is 5.75 Å². The molecule has 270 valence electrons. The molecule has 0 aliphatic carbocycles. The molecule has 0 bridgehead atoms. The number of methoxy groups -OCH3 is 1. The Balaban J connectivity index is 1.46. The van der Waals surface area contributed by atoms with E-state index in [-0.39, 0.29) is 47.8 Å². The third-order valence-electron chi connectivity index (χ3n) is 9.80. The number of carboxylic acids is 1. The number of rotatable bonds is 6. The summed E-state index contributed by atoms with van der Waals surface area (Å²) >= 11 is 0. The van der Waals surface area contributed by atoms with Gasteiger partial charge in [-0.3, -0.25) is 4.90 Å². The van der Waals surface area contributed by atoms with Crippen LogP contribution in [-0.2, 0) is 18.5 Å². The molecule has 0 saturated carbocycles. The summed E-state index contributed by atoms with van der Waals surface area (Å²) in [5, 5.41) is 20.7. The first kappa shape index (κ1) is 36.2. The molecule has 1 unspecified atom stereocenters. The van der Waals surface area contributed by atoms with Crippen molar-refractivity contribution in [2.75, 3.05) is 7.11 Å². The van der Waals surface area contributed by atoms with Crippen LogP contribution in [0.4, 0.5) is 39.5 Å². The zero-order valence-corrected chi connectivity index (χ0v) is 26.9. The molecule has 0 spiro atoms. The van der Waals surface area contributed by atoms with Crippen LogP contribution in [0.3, 0.4) is 0 Å². The molecule has 6 rings (SSSR count). The molecular weight excluding hydrogens is 693 g/mol. The predicted molar refractivity (Wildman–Crippen MR) is 168 cm³/mol. The van der Waals surface area contributed by atoms with Gasteiger partial charge in [-0.1, -0.05) is 18.2 Å². The van der Waals surface area contributed by atoms with Crippen molar-refractivity contribution in [3.8, 4) is 28.0 Å². The first-order valence-corrected chi connectivity index (χ1v) is 15.8. The zero-order chi connectivity index (χ0) is 37.2. The molecular formula is C37H30F9NO4. The average Bonchev–Trinajstić information content (AvgIpc) is 3.63. The van der Waals surface area contributed by atoms with E-state index < -0.39 is 65.4 Å². The maximum absolute atomic E-state index is 14.1. The van der Waals surface area contributed by atoms with Crippen LogP contribution in [0.1, 0.15) is 75.0 Å². The van der Waals surface area contributed by atoms with Crippen LogP contribution in [0.25, 0.3) is 22.3 Å². The van der Waals surface area contributed by atoms with Crippen LogP contribution in [0.2, 0.25) is 0 Å². The van der Waals surface area contributed by atoms with Crippen molar-refractivity contribution in [2.24, 2.45) is 0 Å². The number of nitrogens with zero attached hydrogens (tertiary/aromatic N) is 1. The molecule has 2 fully saturated rings. The highest BCUT2D eigenvalue weighted by Crippen LogP contribution is 2.53. The zero-order valence-electron chi connectivity index (χ0n) is 26.9. The van der Waals surface area contributed by atoms with Crippen molar-refractivity contribution in [3.05, 3.63) is 112 Å². The number of benzene rings is 4. The second-order valence-corrected chi connectivity index (χ2v) is 12.8. The van der Waals surface area contributed by atoms with Gasteiger partial charge in [0.25, 0.3) is 0 Å². The Hall–Kier alpha value is -4.56. The Morgan fingerprint density at radius 2 is 1.37 bits per heavy atom. The molecule has 4 aromatic rings. The Kier molecular flexibility index (Phi) is 9.16. The number of aliphatic hydroxyl groups excluding tert-OH is 1. The molecule has 4 atom stereocenters. The normalized spacial score (nSPS) is 21.2. The number of aliphatic hydroxyl groups is 1. The van der Waals surface area contributed by atoms with Gasteiger partial charge in [0.05, 0.1) is 29.4 Å². The van der Waals surface area contributed by atoms with Gasteiger partial charge in [0, 0.05) is 23.6 Å². The lowest BCUT2D eigenvalue weighted by Crippen LogP contribution is -2.34. The van der Waals surface area contributed by atoms with Crippen molar-refractivity contribution in [2.45, 2.75) is 68.9 Å². The SMILES string of the molecule is COc1ccc(-c2ccc(C(=O)O)cc2C)cc1-c1ccc(C(F)(F)F)cc1[C@@H]1CC[C@H]2[C@@H](c3cc(C(F)(F)F)cc(C(F)(F)F)c3)CC(O)N12. The van der Waals surface area contributed by atoms with Crippen molar-refractivity contribution >= 4 is 5.97 Å². The first-order valence-electron chi connectivity index (χ1n) is 15.8. The van der Waals surface area contributed by atoms with Crippen LogP contribution >= 0.6 is 0 Å². The van der Waals surface area contributed by atoms with Crippen LogP contribution < -0.4 is 4.74 Å². The van der Waals surface area contributed by atoms with Crippen molar-refractivity contribution in [3.63, 3.8) is 0 Å². The summed E-state index contributed by atoms with van der Waals surface area (Å²) in [7, 11) is 1.37. The summed E-state index contributed by atoms with van der Waals surface area (Å²) in [4.78, 5) is 13.0. The van der Waals surface area contributed by atoms with Gasteiger partial charge in [-0.25, -0.2) is 4.79 Å². The lowest BCUT2D eigenvalue weighted by Gasteiger charge is -2.31. The molecule has 4 aromatic carbocycles. The predicted octanol–water partition coefficient (Wildman–Crippen LogP) is 10.1. The van der Waals surface area contributed by atoms with E-state index in [4.69, 9.17) is 4.74 Å². The van der Waals surface area contributed by atoms with Crippen LogP contribution in [-0.4, -0.2) is 40.5 Å². The highest BCUT2D eigenvalue weighted by atomic mass is 19.4. The minimum Gasteiger partial charge on any atom is -0.496 e. The number of carboxylic acid groups (broad SMARTS) is 1. The minimum atomic E-state index is -5.08. The topological polar surface area (TPSA) is 70.0 Å². The Morgan fingerprint density at radius 1 is 0.745 bits per heavy atom. The lowest BCUT2D eigenvalue weighted by atomic mass is 9.87. The second-order valence-electron chi connectivity index (χ2n) is 12.8. The number of hydrogen-bond acceptors (Lipinski definition) is 4. The smallest absolute Gasteiger partial charge is 0.416 e. The van der Waals surface area contributed by atoms with Gasteiger partial charge in [0.2, 0.25) is 0 Å². The molecule has 2 aliphatic heterocycles. The van der Waals surface area contributed by atoms with Gasteiger partial charge in [-0.15, -0.1) is 0 Å². The number of hydrogen-bond donors (Lipinski definition) is 2. The third-order valence-corrected chi connectivity index (χ3v) is 9.80. The Bertz CT molecular complexity index is 1950. The van der Waals surface area contributed by atoms with Gasteiger partial charge in [0.15, 0.2) is 0 Å². The molecule has 14 heteroatoms. The van der Waals surface area contributed by atoms with E-state index in [9.17, 15) is 54.5 Å². The van der Waals surface area contributed by atoms with Gasteiger partial charge in [0.1, 0.15) is 12.0 Å². The Morgan fingerprint density at radius 3 is 1.94 bits per heavy atom. The average molecular weight is 724 g/mol. The molecule has 5 nitrogen and oxygen atoms in total. The molecule has 0 aromatic heterocycles. The fourth-order valence-corrected chi connectivity index (χ4v) is 7.54. The summed E-state index contributed by atoms with van der Waals surface area (Å²) in [5.74, 6) is -1.81. The monoisotopic (exact) mass is 723 g/mol. The van der Waals surface area contributed by atoms with E-state index in [1.54, 1.807) is 31.2 Å². The van der Waals surface area contributed by atoms with Crippen molar-refractivity contribution in [1.29, 1.82) is 0 Å². The van der Waals surface area contributed by atoms with Crippen molar-refractivity contribution in [1.82, 2.24) is 4.90 Å². The molecule has 2 N–H and O–H groups in total. The highest BCUT2D eigenvalue weighted by molar-refractivity contribution is 5.89. The summed E-state index contributed by atoms with van der Waals surface area (Å²) in [6, 6.07) is 12.3. The third kappa shape index (κ3) is 6.90. The highest BCUT2D eigenvalue weighted by Gasteiger charge is 2.50. The summed E-state index contributed by atoms with van der Waals surface area (Å²) in [5.41, 5.74) is -1.49. The maximum Gasteiger partial charge on any atom is 0.416 e. The molecule has 2 heterocycles. The van der Waals surface area contributed by atoms with Gasteiger partial charge in [-0.05, 0) is 114 Å². The second kappa shape index (κ2) is 12.9. The van der Waals surface area contributed by atoms with Crippen molar-refractivity contribution < 1.29 is 59.3 Å². The first-order chi connectivity index (χ1) is 23.8. The molecule has 0 radical (unpaired) electrons. The molecule has 51 heavy (non-hydrogen) atoms. The van der Waals surface area contributed by atoms with E-state index in [1.165, 1.54) is 30.2 Å². The van der Waals surface area contributed by atoms with E-state index in [0.29, 0.717) is 39.9 Å². The quantitative estimate of drug-likeness (QED) is 0.194. The number of aryl methyl sites for hydroxylation is 1. The summed E-state index contributed by atoms with van der Waals surface area (Å²) < 4.78 is 130. The number of fused-ring (bicyclic) bond motifs is 1. The molecule has 2 aliphatic rings. The number of ether oxygens (including phenoxy) is 1. The van der Waals surface area contributed by atoms with E-state index in [1.807, 2.05) is 0 Å². The summed E-state index contributed by atoms with van der Waals surface area (Å²) in [6.07, 6.45) is -16.2. The number of carbonyl (C=O) groups is 1. The van der Waals surface area contributed by atoms with Crippen LogP contribution in [0, 0.1) is 6.92 Å². The fraction of sp³-hybridized carbons (Fsp3) is 0.324. The number of halogens is 9. The largest absolute Gasteiger partial charge is 0.496 e. The molecule has 0 amide bonds. The minimum absolute atomic E-state index is 0.0303. The summed E-state index contributed by atoms with van der Waals surface area (Å²) in [6.45, 7) is 1.71. The van der Waals surface area contributed by atoms with E-state index in [2.05, 4.69) is 0 Å². The van der Waals surface area contributed by atoms with Gasteiger partial charge in [-0.2, -0.15) is 39.5 Å². The lowest BCUT2D eigenvalue weighted by molar-refractivity contribution is -0.143. The number of aromatic carboxylic acids is 1. The van der Waals surface area contributed by atoms with Gasteiger partial charge < -0.3 is 14.9 Å². The fourth-order valence-electron chi connectivity index (χ4n) is 7.54. The maximum atomic E-state index is 14.1. The van der Waals surface area contributed by atoms with E-state index >= 15 is 0 Å². The number of alkyl halides is 9. The van der Waals surface area contributed by atoms with Gasteiger partial charge >= 0.3 is 24.5 Å². The van der Waals surface area contributed by atoms with E-state index in [0.717, 1.165) is 12.1 Å². The van der Waals surface area contributed by atoms with Crippen LogP contribution in [0.15, 0.2) is 72.8 Å². The molecule has 2 saturated heterocycles. The standard InChI is InChI=1S/C37H30F9NO4/c1-18-11-20(34(49)50)3-6-25(18)19-4-10-32(51-2)29(14-19)26-7-5-22(35(38,39)40)16-28(26)31-9-8-30-27(17-33(48)47(30)31)21-12-23(36(41,42)43)15-24(13-21)37(44,45)46/h3-7,10-16,27,30-31,33,48H,8-9,17H2,1-2H3,(H,49,50)/t27-,30+,31+,33?/m1/s1.